The minimum absolute atomic E-state index is 0.0885. The Kier molecular flexibility index (Phi) is 2.97. The van der Waals surface area contributed by atoms with Crippen LogP contribution in [0.4, 0.5) is 5.95 Å². The smallest absolute Gasteiger partial charge is 0.274 e. The SMILES string of the molecule is CC1CCN(C(=O)c2cn3c(n2)NCCC3)CC1. The summed E-state index contributed by atoms with van der Waals surface area (Å²) in [5, 5.41) is 3.23. The van der Waals surface area contributed by atoms with Gasteiger partial charge in [0.25, 0.3) is 5.91 Å². The number of anilines is 1. The molecule has 2 aliphatic heterocycles. The summed E-state index contributed by atoms with van der Waals surface area (Å²) < 4.78 is 2.04. The minimum atomic E-state index is 0.0885. The van der Waals surface area contributed by atoms with Gasteiger partial charge in [0.15, 0.2) is 0 Å². The van der Waals surface area contributed by atoms with Crippen molar-refractivity contribution in [3.05, 3.63) is 11.9 Å². The molecule has 1 N–H and O–H groups in total. The van der Waals surface area contributed by atoms with E-state index >= 15 is 0 Å². The maximum absolute atomic E-state index is 12.3. The summed E-state index contributed by atoms with van der Waals surface area (Å²) in [6.07, 6.45) is 5.20. The molecule has 0 aliphatic carbocycles. The highest BCUT2D eigenvalue weighted by molar-refractivity contribution is 5.92. The average molecular weight is 248 g/mol. The van der Waals surface area contributed by atoms with Gasteiger partial charge in [0.1, 0.15) is 5.69 Å². The van der Waals surface area contributed by atoms with E-state index in [0.717, 1.165) is 57.3 Å². The fourth-order valence-corrected chi connectivity index (χ4v) is 2.65. The Morgan fingerprint density at radius 3 is 2.89 bits per heavy atom. The van der Waals surface area contributed by atoms with E-state index in [1.807, 2.05) is 15.7 Å². The number of amides is 1. The lowest BCUT2D eigenvalue weighted by molar-refractivity contribution is 0.0692. The summed E-state index contributed by atoms with van der Waals surface area (Å²) in [7, 11) is 0. The van der Waals surface area contributed by atoms with E-state index in [9.17, 15) is 4.79 Å². The van der Waals surface area contributed by atoms with Crippen LogP contribution in [-0.4, -0.2) is 40.0 Å². The zero-order valence-electron chi connectivity index (χ0n) is 10.9. The molecule has 1 aromatic heterocycles. The second-order valence-corrected chi connectivity index (χ2v) is 5.40. The number of hydrogen-bond donors (Lipinski definition) is 1. The van der Waals surface area contributed by atoms with Gasteiger partial charge in [0.2, 0.25) is 5.95 Å². The van der Waals surface area contributed by atoms with Crippen LogP contribution in [0, 0.1) is 5.92 Å². The normalized spacial score (nSPS) is 20.4. The molecule has 1 aromatic rings. The zero-order chi connectivity index (χ0) is 12.5. The Balaban J connectivity index is 1.74. The van der Waals surface area contributed by atoms with Crippen molar-refractivity contribution >= 4 is 11.9 Å². The lowest BCUT2D eigenvalue weighted by atomic mass is 9.99. The van der Waals surface area contributed by atoms with Crippen LogP contribution in [0.3, 0.4) is 0 Å². The molecule has 1 amide bonds. The second kappa shape index (κ2) is 4.63. The van der Waals surface area contributed by atoms with Gasteiger partial charge in [0.05, 0.1) is 0 Å². The van der Waals surface area contributed by atoms with Crippen molar-refractivity contribution in [2.24, 2.45) is 5.92 Å². The van der Waals surface area contributed by atoms with Crippen molar-refractivity contribution in [3.8, 4) is 0 Å². The van der Waals surface area contributed by atoms with Crippen LogP contribution in [0.25, 0.3) is 0 Å². The quantitative estimate of drug-likeness (QED) is 0.820. The topological polar surface area (TPSA) is 50.2 Å². The van der Waals surface area contributed by atoms with Gasteiger partial charge in [-0.25, -0.2) is 4.98 Å². The van der Waals surface area contributed by atoms with Crippen LogP contribution < -0.4 is 5.32 Å². The molecule has 1 fully saturated rings. The van der Waals surface area contributed by atoms with Crippen molar-refractivity contribution < 1.29 is 4.79 Å². The highest BCUT2D eigenvalue weighted by atomic mass is 16.2. The second-order valence-electron chi connectivity index (χ2n) is 5.40. The van der Waals surface area contributed by atoms with E-state index < -0.39 is 0 Å². The van der Waals surface area contributed by atoms with E-state index in [2.05, 4.69) is 17.2 Å². The van der Waals surface area contributed by atoms with E-state index in [1.165, 1.54) is 0 Å². The van der Waals surface area contributed by atoms with E-state index in [4.69, 9.17) is 0 Å². The number of carbonyl (C=O) groups is 1. The first-order valence-corrected chi connectivity index (χ1v) is 6.84. The average Bonchev–Trinajstić information content (AvgIpc) is 2.82. The Bertz CT molecular complexity index is 422. The molecule has 0 aromatic carbocycles. The summed E-state index contributed by atoms with van der Waals surface area (Å²) in [6.45, 7) is 5.90. The number of aromatic nitrogens is 2. The number of likely N-dealkylation sites (tertiary alicyclic amines) is 1. The summed E-state index contributed by atoms with van der Waals surface area (Å²) in [4.78, 5) is 18.7. The van der Waals surface area contributed by atoms with Crippen LogP contribution in [0.2, 0.25) is 0 Å². The third-order valence-corrected chi connectivity index (χ3v) is 3.93. The molecule has 0 atom stereocenters. The van der Waals surface area contributed by atoms with Gasteiger partial charge in [-0.2, -0.15) is 0 Å². The van der Waals surface area contributed by atoms with Gasteiger partial charge in [-0.3, -0.25) is 4.79 Å². The van der Waals surface area contributed by atoms with Gasteiger partial charge in [-0.1, -0.05) is 6.92 Å². The molecule has 0 unspecified atom stereocenters. The number of nitrogens with zero attached hydrogens (tertiary/aromatic N) is 3. The minimum Gasteiger partial charge on any atom is -0.356 e. The number of fused-ring (bicyclic) bond motifs is 1. The molecule has 0 radical (unpaired) electrons. The van der Waals surface area contributed by atoms with Crippen LogP contribution in [0.1, 0.15) is 36.7 Å². The molecule has 3 heterocycles. The molecular formula is C13H20N4O. The first-order valence-electron chi connectivity index (χ1n) is 6.84. The molecule has 1 saturated heterocycles. The summed E-state index contributed by atoms with van der Waals surface area (Å²) in [6, 6.07) is 0. The standard InChI is InChI=1S/C13H20N4O/c1-10-3-7-16(8-4-10)12(18)11-9-17-6-2-5-14-13(17)15-11/h9-10H,2-8H2,1H3,(H,14,15). The van der Waals surface area contributed by atoms with Crippen molar-refractivity contribution in [2.45, 2.75) is 32.7 Å². The van der Waals surface area contributed by atoms with E-state index in [1.54, 1.807) is 0 Å². The predicted octanol–water partition coefficient (Wildman–Crippen LogP) is 1.57. The zero-order valence-corrected chi connectivity index (χ0v) is 10.9. The first-order chi connectivity index (χ1) is 8.74. The highest BCUT2D eigenvalue weighted by Gasteiger charge is 2.24. The lowest BCUT2D eigenvalue weighted by Gasteiger charge is -2.29. The van der Waals surface area contributed by atoms with Crippen molar-refractivity contribution in [1.29, 1.82) is 0 Å². The number of rotatable bonds is 1. The first kappa shape index (κ1) is 11.6. The maximum Gasteiger partial charge on any atom is 0.274 e. The largest absolute Gasteiger partial charge is 0.356 e. The van der Waals surface area contributed by atoms with Gasteiger partial charge >= 0.3 is 0 Å². The van der Waals surface area contributed by atoms with Crippen molar-refractivity contribution in [1.82, 2.24) is 14.5 Å². The van der Waals surface area contributed by atoms with Crippen LogP contribution >= 0.6 is 0 Å². The van der Waals surface area contributed by atoms with Gasteiger partial charge in [-0.05, 0) is 25.2 Å². The number of hydrogen-bond acceptors (Lipinski definition) is 3. The van der Waals surface area contributed by atoms with E-state index in [-0.39, 0.29) is 5.91 Å². The van der Waals surface area contributed by atoms with Crippen LogP contribution in [0.5, 0.6) is 0 Å². The summed E-state index contributed by atoms with van der Waals surface area (Å²) in [5.74, 6) is 1.67. The number of imidazole rings is 1. The van der Waals surface area contributed by atoms with Crippen LogP contribution in [0.15, 0.2) is 6.20 Å². The Hall–Kier alpha value is -1.52. The van der Waals surface area contributed by atoms with Crippen molar-refractivity contribution in [3.63, 3.8) is 0 Å². The number of piperidine rings is 1. The molecule has 0 saturated carbocycles. The third kappa shape index (κ3) is 2.09. The maximum atomic E-state index is 12.3. The Morgan fingerprint density at radius 1 is 1.39 bits per heavy atom. The van der Waals surface area contributed by atoms with E-state index in [0.29, 0.717) is 5.69 Å². The molecule has 3 rings (SSSR count). The van der Waals surface area contributed by atoms with Gasteiger partial charge in [0, 0.05) is 32.4 Å². The Morgan fingerprint density at radius 2 is 2.17 bits per heavy atom. The molecule has 0 spiro atoms. The van der Waals surface area contributed by atoms with Gasteiger partial charge in [-0.15, -0.1) is 0 Å². The number of nitrogens with one attached hydrogen (secondary N) is 1. The molecule has 0 bridgehead atoms. The Labute approximate surface area is 107 Å². The molecule has 5 nitrogen and oxygen atoms in total. The molecule has 98 valence electrons. The fourth-order valence-electron chi connectivity index (χ4n) is 2.65. The number of carbonyl (C=O) groups excluding carboxylic acids is 1. The molecule has 5 heteroatoms. The highest BCUT2D eigenvalue weighted by Crippen LogP contribution is 2.20. The fraction of sp³-hybridized carbons (Fsp3) is 0.692. The molecule has 18 heavy (non-hydrogen) atoms. The lowest BCUT2D eigenvalue weighted by Crippen LogP contribution is -2.38. The monoisotopic (exact) mass is 248 g/mol. The van der Waals surface area contributed by atoms with Crippen molar-refractivity contribution in [2.75, 3.05) is 25.0 Å². The van der Waals surface area contributed by atoms with Crippen LogP contribution in [-0.2, 0) is 6.54 Å². The summed E-state index contributed by atoms with van der Waals surface area (Å²) >= 11 is 0. The predicted molar refractivity (Wildman–Crippen MR) is 69.6 cm³/mol. The molecule has 2 aliphatic rings. The number of aryl methyl sites for hydroxylation is 1. The summed E-state index contributed by atoms with van der Waals surface area (Å²) in [5.41, 5.74) is 0.592. The third-order valence-electron chi connectivity index (χ3n) is 3.93. The van der Waals surface area contributed by atoms with Gasteiger partial charge < -0.3 is 14.8 Å². The molecular weight excluding hydrogens is 228 g/mol.